The van der Waals surface area contributed by atoms with Crippen molar-refractivity contribution in [1.29, 1.82) is 0 Å². The fourth-order valence-corrected chi connectivity index (χ4v) is 1.41. The number of rotatable bonds is 3. The number of carbonyl (C=O) groups is 2. The minimum absolute atomic E-state index is 0.0428. The number of carboxylic acid groups (broad SMARTS) is 1. The van der Waals surface area contributed by atoms with Gasteiger partial charge in [0.05, 0.1) is 0 Å². The van der Waals surface area contributed by atoms with Crippen LogP contribution in [0.1, 0.15) is 40.6 Å². The third kappa shape index (κ3) is 1.32. The number of hydrogen-bond donors (Lipinski definition) is 2. The topological polar surface area (TPSA) is 70.2 Å². The molecule has 4 nitrogen and oxygen atoms in total. The van der Waals surface area contributed by atoms with E-state index in [4.69, 9.17) is 5.11 Å². The number of H-pyrrole nitrogens is 1. The van der Waals surface area contributed by atoms with Gasteiger partial charge in [0, 0.05) is 17.2 Å². The molecule has 0 amide bonds. The van der Waals surface area contributed by atoms with E-state index in [-0.39, 0.29) is 16.9 Å². The van der Waals surface area contributed by atoms with Crippen molar-refractivity contribution in [3.63, 3.8) is 0 Å². The first-order chi connectivity index (χ1) is 6.53. The summed E-state index contributed by atoms with van der Waals surface area (Å²) in [5.74, 6) is -0.994. The molecule has 1 aliphatic rings. The fourth-order valence-electron chi connectivity index (χ4n) is 1.41. The highest BCUT2D eigenvalue weighted by Gasteiger charge is 2.45. The molecule has 0 aliphatic heterocycles. The number of aromatic nitrogens is 1. The molecular weight excluding hydrogens is 182 g/mol. The molecule has 1 aliphatic carbocycles. The summed E-state index contributed by atoms with van der Waals surface area (Å²) in [6, 6.07) is 1.40. The maximum Gasteiger partial charge on any atom is 0.352 e. The number of Topliss-reactive ketones (excluding diaryl/α,β-unsaturated/α-hetero) is 1. The van der Waals surface area contributed by atoms with E-state index in [2.05, 4.69) is 4.98 Å². The van der Waals surface area contributed by atoms with E-state index in [1.165, 1.54) is 12.3 Å². The van der Waals surface area contributed by atoms with Gasteiger partial charge in [0.25, 0.3) is 0 Å². The van der Waals surface area contributed by atoms with Crippen LogP contribution in [0, 0.1) is 5.41 Å². The van der Waals surface area contributed by atoms with E-state index in [0.717, 1.165) is 12.8 Å². The summed E-state index contributed by atoms with van der Waals surface area (Å²) in [5.41, 5.74) is 0.304. The molecule has 0 radical (unpaired) electrons. The standard InChI is InChI=1S/C10H11NO3/c1-10(2-3-10)8(12)6-4-7(9(13)14)11-5-6/h4-5,11H,2-3H2,1H3,(H,13,14). The molecule has 14 heavy (non-hydrogen) atoms. The molecule has 0 bridgehead atoms. The first-order valence-electron chi connectivity index (χ1n) is 4.49. The molecule has 0 saturated heterocycles. The van der Waals surface area contributed by atoms with E-state index in [9.17, 15) is 9.59 Å². The molecule has 1 aromatic heterocycles. The molecule has 0 spiro atoms. The van der Waals surface area contributed by atoms with Crippen LogP contribution in [0.3, 0.4) is 0 Å². The predicted molar refractivity (Wildman–Crippen MR) is 49.4 cm³/mol. The van der Waals surface area contributed by atoms with Gasteiger partial charge in [0.2, 0.25) is 0 Å². The summed E-state index contributed by atoms with van der Waals surface area (Å²) >= 11 is 0. The average Bonchev–Trinajstić information content (AvgIpc) is 2.69. The number of aromatic amines is 1. The van der Waals surface area contributed by atoms with Crippen molar-refractivity contribution in [2.45, 2.75) is 19.8 Å². The number of ketones is 1. The maximum atomic E-state index is 11.8. The zero-order chi connectivity index (χ0) is 10.3. The number of carbonyl (C=O) groups excluding carboxylic acids is 1. The lowest BCUT2D eigenvalue weighted by Gasteiger charge is -2.02. The molecule has 4 heteroatoms. The summed E-state index contributed by atoms with van der Waals surface area (Å²) < 4.78 is 0. The summed E-state index contributed by atoms with van der Waals surface area (Å²) in [6.45, 7) is 1.91. The molecule has 0 atom stereocenters. The molecule has 1 fully saturated rings. The van der Waals surface area contributed by atoms with Crippen LogP contribution in [0.5, 0.6) is 0 Å². The van der Waals surface area contributed by atoms with Crippen molar-refractivity contribution in [3.05, 3.63) is 23.5 Å². The lowest BCUT2D eigenvalue weighted by molar-refractivity contribution is 0.0691. The highest BCUT2D eigenvalue weighted by Crippen LogP contribution is 2.47. The Morgan fingerprint density at radius 3 is 2.57 bits per heavy atom. The number of nitrogens with one attached hydrogen (secondary N) is 1. The Bertz CT molecular complexity index is 401. The maximum absolute atomic E-state index is 11.8. The lowest BCUT2D eigenvalue weighted by atomic mass is 9.99. The second-order valence-corrected chi connectivity index (χ2v) is 4.00. The summed E-state index contributed by atoms with van der Waals surface area (Å²) in [4.78, 5) is 24.9. The van der Waals surface area contributed by atoms with Crippen molar-refractivity contribution in [1.82, 2.24) is 4.98 Å². The van der Waals surface area contributed by atoms with Crippen molar-refractivity contribution >= 4 is 11.8 Å². The molecular formula is C10H11NO3. The summed E-state index contributed by atoms with van der Waals surface area (Å²) in [5, 5.41) is 8.66. The normalized spacial score (nSPS) is 17.8. The van der Waals surface area contributed by atoms with Crippen LogP contribution in [0.15, 0.2) is 12.3 Å². The van der Waals surface area contributed by atoms with Gasteiger partial charge in [0.1, 0.15) is 5.69 Å². The van der Waals surface area contributed by atoms with Gasteiger partial charge in [-0.25, -0.2) is 4.79 Å². The molecule has 1 heterocycles. The first kappa shape index (κ1) is 8.99. The average molecular weight is 193 g/mol. The van der Waals surface area contributed by atoms with Gasteiger partial charge in [0.15, 0.2) is 5.78 Å². The predicted octanol–water partition coefficient (Wildman–Crippen LogP) is 1.70. The molecule has 0 aromatic carbocycles. The summed E-state index contributed by atoms with van der Waals surface area (Å²) in [7, 11) is 0. The summed E-state index contributed by atoms with van der Waals surface area (Å²) in [6.07, 6.45) is 3.27. The third-order valence-electron chi connectivity index (χ3n) is 2.72. The van der Waals surface area contributed by atoms with Crippen molar-refractivity contribution < 1.29 is 14.7 Å². The van der Waals surface area contributed by atoms with Crippen LogP contribution >= 0.6 is 0 Å². The zero-order valence-corrected chi connectivity index (χ0v) is 7.83. The molecule has 1 saturated carbocycles. The van der Waals surface area contributed by atoms with E-state index >= 15 is 0 Å². The second kappa shape index (κ2) is 2.70. The van der Waals surface area contributed by atoms with Gasteiger partial charge < -0.3 is 10.1 Å². The van der Waals surface area contributed by atoms with Crippen LogP contribution in [-0.2, 0) is 0 Å². The Morgan fingerprint density at radius 2 is 2.14 bits per heavy atom. The van der Waals surface area contributed by atoms with Crippen molar-refractivity contribution in [3.8, 4) is 0 Å². The van der Waals surface area contributed by atoms with Crippen LogP contribution in [0.2, 0.25) is 0 Å². The largest absolute Gasteiger partial charge is 0.477 e. The quantitative estimate of drug-likeness (QED) is 0.717. The van der Waals surface area contributed by atoms with Gasteiger partial charge in [-0.05, 0) is 18.9 Å². The van der Waals surface area contributed by atoms with Gasteiger partial charge in [-0.2, -0.15) is 0 Å². The van der Waals surface area contributed by atoms with Gasteiger partial charge in [-0.1, -0.05) is 6.92 Å². The highest BCUT2D eigenvalue weighted by atomic mass is 16.4. The Morgan fingerprint density at radius 1 is 1.50 bits per heavy atom. The first-order valence-corrected chi connectivity index (χ1v) is 4.49. The van der Waals surface area contributed by atoms with E-state index < -0.39 is 5.97 Å². The minimum Gasteiger partial charge on any atom is -0.477 e. The van der Waals surface area contributed by atoms with Gasteiger partial charge in [-0.3, -0.25) is 4.79 Å². The fraction of sp³-hybridized carbons (Fsp3) is 0.400. The Kier molecular flexibility index (Phi) is 1.74. The minimum atomic E-state index is -1.04. The number of aromatic carboxylic acids is 1. The smallest absolute Gasteiger partial charge is 0.352 e. The zero-order valence-electron chi connectivity index (χ0n) is 7.83. The molecule has 1 aromatic rings. The monoisotopic (exact) mass is 193 g/mol. The molecule has 74 valence electrons. The van der Waals surface area contributed by atoms with Crippen molar-refractivity contribution in [2.75, 3.05) is 0 Å². The second-order valence-electron chi connectivity index (χ2n) is 4.00. The van der Waals surface area contributed by atoms with Gasteiger partial charge in [-0.15, -0.1) is 0 Å². The molecule has 0 unspecified atom stereocenters. The van der Waals surface area contributed by atoms with Crippen LogP contribution in [0.25, 0.3) is 0 Å². The van der Waals surface area contributed by atoms with Gasteiger partial charge >= 0.3 is 5.97 Å². The Hall–Kier alpha value is -1.58. The SMILES string of the molecule is CC1(C(=O)c2c[nH]c(C(=O)O)c2)CC1. The Labute approximate surface area is 80.9 Å². The van der Waals surface area contributed by atoms with E-state index in [1.807, 2.05) is 6.92 Å². The third-order valence-corrected chi connectivity index (χ3v) is 2.72. The Balaban J connectivity index is 2.25. The molecule has 2 rings (SSSR count). The van der Waals surface area contributed by atoms with Crippen LogP contribution in [-0.4, -0.2) is 21.8 Å². The van der Waals surface area contributed by atoms with E-state index in [0.29, 0.717) is 5.56 Å². The van der Waals surface area contributed by atoms with Crippen LogP contribution in [0.4, 0.5) is 0 Å². The number of carboxylic acids is 1. The van der Waals surface area contributed by atoms with Crippen LogP contribution < -0.4 is 0 Å². The highest BCUT2D eigenvalue weighted by molar-refractivity contribution is 6.03. The number of hydrogen-bond acceptors (Lipinski definition) is 2. The van der Waals surface area contributed by atoms with Crippen molar-refractivity contribution in [2.24, 2.45) is 5.41 Å². The lowest BCUT2D eigenvalue weighted by Crippen LogP contribution is -2.10. The van der Waals surface area contributed by atoms with E-state index in [1.54, 1.807) is 0 Å². The molecule has 2 N–H and O–H groups in total.